The average molecular weight is 416 g/mol. The largest absolute Gasteiger partial charge is 0.497 e. The highest BCUT2D eigenvalue weighted by Crippen LogP contribution is 2.27. The predicted octanol–water partition coefficient (Wildman–Crippen LogP) is -1.29. The summed E-state index contributed by atoms with van der Waals surface area (Å²) in [7, 11) is -0.182. The Morgan fingerprint density at radius 2 is 1.82 bits per heavy atom. The van der Waals surface area contributed by atoms with Crippen LogP contribution >= 0.6 is 0 Å². The second-order valence-corrected chi connectivity index (χ2v) is 9.01. The zero-order valence-corrected chi connectivity index (χ0v) is 17.0. The van der Waals surface area contributed by atoms with E-state index in [1.807, 2.05) is 7.05 Å². The lowest BCUT2D eigenvalue weighted by Crippen LogP contribution is -2.56. The highest BCUT2D eigenvalue weighted by Gasteiger charge is 2.46. The number of nitrogens with one attached hydrogen (secondary N) is 1. The molecule has 9 nitrogen and oxygen atoms in total. The van der Waals surface area contributed by atoms with Crippen LogP contribution in [0, 0.1) is 0 Å². The summed E-state index contributed by atoms with van der Waals surface area (Å²) < 4.78 is 38.6. The van der Waals surface area contributed by atoms with Gasteiger partial charge in [0.25, 0.3) is 0 Å². The van der Waals surface area contributed by atoms with E-state index in [0.29, 0.717) is 5.75 Å². The molecule has 1 aromatic carbocycles. The lowest BCUT2D eigenvalue weighted by molar-refractivity contribution is -0.0201. The molecular formula is C18H29N3O6S. The average Bonchev–Trinajstić information content (AvgIpc) is 3.03. The van der Waals surface area contributed by atoms with Crippen molar-refractivity contribution in [2.24, 2.45) is 0 Å². The number of rotatable bonds is 7. The Morgan fingerprint density at radius 3 is 2.39 bits per heavy atom. The van der Waals surface area contributed by atoms with Gasteiger partial charge in [-0.25, -0.2) is 13.1 Å². The minimum atomic E-state index is -3.73. The number of piperazine rings is 1. The second kappa shape index (κ2) is 9.04. The van der Waals surface area contributed by atoms with Gasteiger partial charge in [0.15, 0.2) is 0 Å². The van der Waals surface area contributed by atoms with Gasteiger partial charge in [-0.1, -0.05) is 0 Å². The molecule has 2 heterocycles. The van der Waals surface area contributed by atoms with E-state index in [0.717, 1.165) is 26.2 Å². The number of hydrogen-bond donors (Lipinski definition) is 3. The fourth-order valence-electron chi connectivity index (χ4n) is 3.75. The summed E-state index contributed by atoms with van der Waals surface area (Å²) in [5.74, 6) is 0.571. The zero-order chi connectivity index (χ0) is 20.3. The van der Waals surface area contributed by atoms with Gasteiger partial charge in [-0.2, -0.15) is 0 Å². The van der Waals surface area contributed by atoms with Crippen molar-refractivity contribution < 1.29 is 28.1 Å². The lowest BCUT2D eigenvalue weighted by Gasteiger charge is -2.39. The van der Waals surface area contributed by atoms with Crippen LogP contribution in [0.15, 0.2) is 29.2 Å². The highest BCUT2D eigenvalue weighted by molar-refractivity contribution is 7.89. The van der Waals surface area contributed by atoms with E-state index in [-0.39, 0.29) is 24.1 Å². The summed E-state index contributed by atoms with van der Waals surface area (Å²) in [5.41, 5.74) is 0. The molecule has 0 aromatic heterocycles. The van der Waals surface area contributed by atoms with E-state index >= 15 is 0 Å². The molecule has 2 aliphatic heterocycles. The third-order valence-corrected chi connectivity index (χ3v) is 6.88. The maximum atomic E-state index is 12.6. The molecule has 2 aliphatic rings. The standard InChI is InChI=1S/C18H29N3O6S/c1-20-7-9-21(10-8-20)17-15(27-16(12-22)18(17)23)11-19-28(24,25)14-5-3-13(26-2)4-6-14/h3-6,15-19,22-23H,7-12H2,1-2H3/t15-,16+,17-,18-/m1/s1. The van der Waals surface area contributed by atoms with Crippen LogP contribution in [-0.4, -0.2) is 106 Å². The van der Waals surface area contributed by atoms with Crippen molar-refractivity contribution in [1.29, 1.82) is 0 Å². The molecule has 0 radical (unpaired) electrons. The fraction of sp³-hybridized carbons (Fsp3) is 0.667. The highest BCUT2D eigenvalue weighted by atomic mass is 32.2. The van der Waals surface area contributed by atoms with Crippen molar-refractivity contribution in [3.8, 4) is 5.75 Å². The second-order valence-electron chi connectivity index (χ2n) is 7.24. The van der Waals surface area contributed by atoms with Crippen LogP contribution in [0.5, 0.6) is 5.75 Å². The molecule has 158 valence electrons. The van der Waals surface area contributed by atoms with E-state index in [2.05, 4.69) is 14.5 Å². The molecular weight excluding hydrogens is 386 g/mol. The SMILES string of the molecule is COc1ccc(S(=O)(=O)NC[C@H]2O[C@@H](CO)[C@@H](O)[C@@H]2N2CCN(C)CC2)cc1. The Morgan fingerprint density at radius 1 is 1.18 bits per heavy atom. The van der Waals surface area contributed by atoms with Crippen molar-refractivity contribution in [3.63, 3.8) is 0 Å². The smallest absolute Gasteiger partial charge is 0.240 e. The van der Waals surface area contributed by atoms with E-state index in [1.54, 1.807) is 12.1 Å². The molecule has 3 rings (SSSR count). The molecule has 28 heavy (non-hydrogen) atoms. The molecule has 0 unspecified atom stereocenters. The van der Waals surface area contributed by atoms with E-state index in [4.69, 9.17) is 9.47 Å². The van der Waals surface area contributed by atoms with Crippen LogP contribution in [0.25, 0.3) is 0 Å². The van der Waals surface area contributed by atoms with Crippen LogP contribution in [-0.2, 0) is 14.8 Å². The normalized spacial score (nSPS) is 29.9. The van der Waals surface area contributed by atoms with Crippen LogP contribution < -0.4 is 9.46 Å². The van der Waals surface area contributed by atoms with Crippen molar-refractivity contribution in [1.82, 2.24) is 14.5 Å². The van der Waals surface area contributed by atoms with Crippen LogP contribution in [0.2, 0.25) is 0 Å². The molecule has 0 spiro atoms. The van der Waals surface area contributed by atoms with Gasteiger partial charge in [0, 0.05) is 32.7 Å². The summed E-state index contributed by atoms with van der Waals surface area (Å²) in [6, 6.07) is 5.74. The summed E-state index contributed by atoms with van der Waals surface area (Å²) in [6.07, 6.45) is -2.15. The number of methoxy groups -OCH3 is 1. The Kier molecular flexibility index (Phi) is 6.92. The van der Waals surface area contributed by atoms with Gasteiger partial charge in [-0.3, -0.25) is 4.90 Å². The maximum absolute atomic E-state index is 12.6. The molecule has 3 N–H and O–H groups in total. The number of hydrogen-bond acceptors (Lipinski definition) is 8. The molecule has 0 bridgehead atoms. The van der Waals surface area contributed by atoms with Gasteiger partial charge >= 0.3 is 0 Å². The van der Waals surface area contributed by atoms with Gasteiger partial charge in [-0.05, 0) is 31.3 Å². The molecule has 2 fully saturated rings. The topological polar surface area (TPSA) is 112 Å². The Labute approximate surface area is 165 Å². The minimum Gasteiger partial charge on any atom is -0.497 e. The van der Waals surface area contributed by atoms with Gasteiger partial charge in [0.05, 0.1) is 30.8 Å². The zero-order valence-electron chi connectivity index (χ0n) is 16.2. The van der Waals surface area contributed by atoms with Crippen molar-refractivity contribution >= 4 is 10.0 Å². The number of ether oxygens (including phenoxy) is 2. The molecule has 0 saturated carbocycles. The quantitative estimate of drug-likeness (QED) is 0.505. The summed E-state index contributed by atoms with van der Waals surface area (Å²) in [6.45, 7) is 2.92. The molecule has 2 saturated heterocycles. The summed E-state index contributed by atoms with van der Waals surface area (Å²) in [4.78, 5) is 4.44. The van der Waals surface area contributed by atoms with Gasteiger partial charge in [0.2, 0.25) is 10.0 Å². The Bertz CT molecular complexity index is 736. The predicted molar refractivity (Wildman–Crippen MR) is 103 cm³/mol. The summed E-state index contributed by atoms with van der Waals surface area (Å²) >= 11 is 0. The van der Waals surface area contributed by atoms with Crippen molar-refractivity contribution in [2.45, 2.75) is 29.2 Å². The lowest BCUT2D eigenvalue weighted by atomic mass is 10.0. The third-order valence-electron chi connectivity index (χ3n) is 5.45. The van der Waals surface area contributed by atoms with Gasteiger partial charge < -0.3 is 24.6 Å². The van der Waals surface area contributed by atoms with Gasteiger partial charge in [-0.15, -0.1) is 0 Å². The number of nitrogens with zero attached hydrogens (tertiary/aromatic N) is 2. The Hall–Kier alpha value is -1.27. The first-order valence-corrected chi connectivity index (χ1v) is 10.8. The van der Waals surface area contributed by atoms with Crippen LogP contribution in [0.4, 0.5) is 0 Å². The van der Waals surface area contributed by atoms with E-state index < -0.39 is 28.3 Å². The molecule has 10 heteroatoms. The molecule has 0 amide bonds. The number of sulfonamides is 1. The first-order valence-electron chi connectivity index (χ1n) is 9.36. The number of likely N-dealkylation sites (N-methyl/N-ethyl adjacent to an activating group) is 1. The number of benzene rings is 1. The molecule has 0 aliphatic carbocycles. The Balaban J connectivity index is 1.69. The monoisotopic (exact) mass is 415 g/mol. The first-order chi connectivity index (χ1) is 13.4. The van der Waals surface area contributed by atoms with E-state index in [9.17, 15) is 18.6 Å². The van der Waals surface area contributed by atoms with Crippen molar-refractivity contribution in [2.75, 3.05) is 53.5 Å². The van der Waals surface area contributed by atoms with E-state index in [1.165, 1.54) is 19.2 Å². The fourth-order valence-corrected chi connectivity index (χ4v) is 4.79. The third kappa shape index (κ3) is 4.65. The summed E-state index contributed by atoms with van der Waals surface area (Å²) in [5, 5.41) is 20.1. The van der Waals surface area contributed by atoms with Crippen LogP contribution in [0.1, 0.15) is 0 Å². The first kappa shape index (κ1) is 21.4. The molecule has 4 atom stereocenters. The van der Waals surface area contributed by atoms with Gasteiger partial charge in [0.1, 0.15) is 18.0 Å². The van der Waals surface area contributed by atoms with Crippen LogP contribution in [0.3, 0.4) is 0 Å². The number of aliphatic hydroxyl groups excluding tert-OH is 2. The number of aliphatic hydroxyl groups is 2. The van der Waals surface area contributed by atoms with Crippen molar-refractivity contribution in [3.05, 3.63) is 24.3 Å². The maximum Gasteiger partial charge on any atom is 0.240 e. The molecule has 1 aromatic rings. The minimum absolute atomic E-state index is 0.0128.